The number of unbranched alkanes of at least 4 members (excludes halogenated alkanes) is 1. The van der Waals surface area contributed by atoms with Crippen LogP contribution < -0.4 is 5.32 Å². The molecule has 102 valence electrons. The van der Waals surface area contributed by atoms with E-state index in [0.717, 1.165) is 25.9 Å². The van der Waals surface area contributed by atoms with Crippen LogP contribution in [0.1, 0.15) is 33.1 Å². The largest absolute Gasteiger partial charge is 0.393 e. The summed E-state index contributed by atoms with van der Waals surface area (Å²) in [7, 11) is 0. The number of hydrogen-bond acceptors (Lipinski definition) is 2. The van der Waals surface area contributed by atoms with Crippen LogP contribution >= 0.6 is 0 Å². The zero-order valence-electron chi connectivity index (χ0n) is 10.7. The summed E-state index contributed by atoms with van der Waals surface area (Å²) in [6.45, 7) is 6.73. The number of nitrogens with zero attached hydrogens (tertiary/aromatic N) is 1. The van der Waals surface area contributed by atoms with E-state index < -0.39 is 12.1 Å². The Morgan fingerprint density at radius 1 is 1.29 bits per heavy atom. The number of hydrogen-bond donors (Lipinski definition) is 1. The number of alkyl halides is 3. The third-order valence-electron chi connectivity index (χ3n) is 3.19. The van der Waals surface area contributed by atoms with Crippen LogP contribution in [0.4, 0.5) is 13.2 Å². The van der Waals surface area contributed by atoms with Gasteiger partial charge in [0.15, 0.2) is 0 Å². The maximum Gasteiger partial charge on any atom is 0.393 e. The summed E-state index contributed by atoms with van der Waals surface area (Å²) in [5.74, 6) is -1.10. The standard InChI is InChI=1S/C12H23F3N2/c1-10(2)16-6-3-4-7-17-8-5-11(9-17)12(13,14)15/h10-11,16H,3-9H2,1-2H3. The molecule has 0 aromatic rings. The molecule has 0 bridgehead atoms. The summed E-state index contributed by atoms with van der Waals surface area (Å²) in [4.78, 5) is 1.94. The molecule has 1 unspecified atom stereocenters. The average molecular weight is 252 g/mol. The summed E-state index contributed by atoms with van der Waals surface area (Å²) < 4.78 is 37.3. The maximum absolute atomic E-state index is 12.4. The molecule has 0 aromatic heterocycles. The van der Waals surface area contributed by atoms with Crippen molar-refractivity contribution < 1.29 is 13.2 Å². The number of rotatable bonds is 6. The average Bonchev–Trinajstić information content (AvgIpc) is 2.64. The highest BCUT2D eigenvalue weighted by Crippen LogP contribution is 2.33. The van der Waals surface area contributed by atoms with Gasteiger partial charge in [0.25, 0.3) is 0 Å². The molecule has 1 saturated heterocycles. The van der Waals surface area contributed by atoms with Crippen molar-refractivity contribution in [2.24, 2.45) is 5.92 Å². The molecule has 0 spiro atoms. The van der Waals surface area contributed by atoms with E-state index in [-0.39, 0.29) is 13.0 Å². The lowest BCUT2D eigenvalue weighted by Crippen LogP contribution is -2.29. The van der Waals surface area contributed by atoms with Gasteiger partial charge in [0, 0.05) is 12.6 Å². The van der Waals surface area contributed by atoms with E-state index in [4.69, 9.17) is 0 Å². The first-order valence-electron chi connectivity index (χ1n) is 6.42. The molecular weight excluding hydrogens is 229 g/mol. The molecule has 1 atom stereocenters. The predicted octanol–water partition coefficient (Wildman–Crippen LogP) is 2.65. The van der Waals surface area contributed by atoms with Gasteiger partial charge in [-0.25, -0.2) is 0 Å². The van der Waals surface area contributed by atoms with Crippen molar-refractivity contribution in [3.8, 4) is 0 Å². The molecule has 1 heterocycles. The molecule has 0 radical (unpaired) electrons. The Bertz CT molecular complexity index is 216. The first-order valence-corrected chi connectivity index (χ1v) is 6.42. The third-order valence-corrected chi connectivity index (χ3v) is 3.19. The van der Waals surface area contributed by atoms with Gasteiger partial charge >= 0.3 is 6.18 Å². The van der Waals surface area contributed by atoms with Gasteiger partial charge in [0.1, 0.15) is 0 Å². The molecule has 0 aromatic carbocycles. The van der Waals surface area contributed by atoms with Crippen LogP contribution in [0.5, 0.6) is 0 Å². The first-order chi connectivity index (χ1) is 7.89. The minimum Gasteiger partial charge on any atom is -0.315 e. The lowest BCUT2D eigenvalue weighted by molar-refractivity contribution is -0.170. The summed E-state index contributed by atoms with van der Waals surface area (Å²) in [5.41, 5.74) is 0. The van der Waals surface area contributed by atoms with Crippen molar-refractivity contribution in [3.63, 3.8) is 0 Å². The monoisotopic (exact) mass is 252 g/mol. The second-order valence-electron chi connectivity index (χ2n) is 5.14. The molecule has 17 heavy (non-hydrogen) atoms. The van der Waals surface area contributed by atoms with E-state index in [1.165, 1.54) is 0 Å². The Morgan fingerprint density at radius 3 is 2.53 bits per heavy atom. The SMILES string of the molecule is CC(C)NCCCCN1CCC(C(F)(F)F)C1. The predicted molar refractivity (Wildman–Crippen MR) is 63.0 cm³/mol. The highest BCUT2D eigenvalue weighted by molar-refractivity contribution is 4.80. The fourth-order valence-electron chi connectivity index (χ4n) is 2.15. The molecule has 1 aliphatic rings. The van der Waals surface area contributed by atoms with Crippen LogP contribution in [-0.2, 0) is 0 Å². The molecule has 2 nitrogen and oxygen atoms in total. The molecule has 5 heteroatoms. The van der Waals surface area contributed by atoms with Crippen molar-refractivity contribution in [1.82, 2.24) is 10.2 Å². The van der Waals surface area contributed by atoms with E-state index in [0.29, 0.717) is 12.6 Å². The van der Waals surface area contributed by atoms with Crippen molar-refractivity contribution in [3.05, 3.63) is 0 Å². The summed E-state index contributed by atoms with van der Waals surface area (Å²) >= 11 is 0. The second-order valence-corrected chi connectivity index (χ2v) is 5.14. The number of halogens is 3. The third kappa shape index (κ3) is 5.73. The van der Waals surface area contributed by atoms with Crippen molar-refractivity contribution in [2.45, 2.75) is 45.3 Å². The molecule has 0 amide bonds. The van der Waals surface area contributed by atoms with E-state index in [1.54, 1.807) is 0 Å². The Hall–Kier alpha value is -0.290. The molecule has 0 aliphatic carbocycles. The van der Waals surface area contributed by atoms with E-state index >= 15 is 0 Å². The summed E-state index contributed by atoms with van der Waals surface area (Å²) in [6.07, 6.45) is -1.72. The van der Waals surface area contributed by atoms with Gasteiger partial charge < -0.3 is 10.2 Å². The van der Waals surface area contributed by atoms with Crippen LogP contribution in [0.2, 0.25) is 0 Å². The molecule has 1 fully saturated rings. The van der Waals surface area contributed by atoms with E-state index in [1.807, 2.05) is 4.90 Å². The fraction of sp³-hybridized carbons (Fsp3) is 1.00. The smallest absolute Gasteiger partial charge is 0.315 e. The highest BCUT2D eigenvalue weighted by atomic mass is 19.4. The zero-order chi connectivity index (χ0) is 12.9. The number of likely N-dealkylation sites (tertiary alicyclic amines) is 1. The molecule has 1 aliphatic heterocycles. The Morgan fingerprint density at radius 2 is 2.00 bits per heavy atom. The van der Waals surface area contributed by atoms with Gasteiger partial charge in [0.2, 0.25) is 0 Å². The molecule has 1 N–H and O–H groups in total. The van der Waals surface area contributed by atoms with E-state index in [9.17, 15) is 13.2 Å². The van der Waals surface area contributed by atoms with Crippen LogP contribution in [0, 0.1) is 5.92 Å². The van der Waals surface area contributed by atoms with Crippen LogP contribution in [0.25, 0.3) is 0 Å². The molecule has 1 rings (SSSR count). The minimum absolute atomic E-state index is 0.196. The first kappa shape index (κ1) is 14.8. The maximum atomic E-state index is 12.4. The topological polar surface area (TPSA) is 15.3 Å². The highest BCUT2D eigenvalue weighted by Gasteiger charge is 2.43. The van der Waals surface area contributed by atoms with Crippen LogP contribution in [0.3, 0.4) is 0 Å². The Kier molecular flexibility index (Phi) is 5.73. The van der Waals surface area contributed by atoms with Crippen LogP contribution in [-0.4, -0.2) is 43.3 Å². The molecule has 0 saturated carbocycles. The second kappa shape index (κ2) is 6.59. The van der Waals surface area contributed by atoms with Gasteiger partial charge in [-0.3, -0.25) is 0 Å². The zero-order valence-corrected chi connectivity index (χ0v) is 10.7. The summed E-state index contributed by atoms with van der Waals surface area (Å²) in [6, 6.07) is 0.483. The van der Waals surface area contributed by atoms with Crippen molar-refractivity contribution >= 4 is 0 Å². The fourth-order valence-corrected chi connectivity index (χ4v) is 2.15. The lowest BCUT2D eigenvalue weighted by Gasteiger charge is -2.17. The Labute approximate surface area is 102 Å². The normalized spacial score (nSPS) is 22.6. The van der Waals surface area contributed by atoms with Crippen molar-refractivity contribution in [2.75, 3.05) is 26.2 Å². The van der Waals surface area contributed by atoms with Gasteiger partial charge in [-0.05, 0) is 38.9 Å². The minimum atomic E-state index is -4.01. The molecular formula is C12H23F3N2. The number of nitrogens with one attached hydrogen (secondary N) is 1. The van der Waals surface area contributed by atoms with Gasteiger partial charge in [-0.1, -0.05) is 13.8 Å². The summed E-state index contributed by atoms with van der Waals surface area (Å²) in [5, 5.41) is 3.31. The lowest BCUT2D eigenvalue weighted by atomic mass is 10.1. The quantitative estimate of drug-likeness (QED) is 0.731. The van der Waals surface area contributed by atoms with Crippen LogP contribution in [0.15, 0.2) is 0 Å². The van der Waals surface area contributed by atoms with Gasteiger partial charge in [-0.15, -0.1) is 0 Å². The van der Waals surface area contributed by atoms with Crippen molar-refractivity contribution in [1.29, 1.82) is 0 Å². The van der Waals surface area contributed by atoms with Gasteiger partial charge in [0.05, 0.1) is 5.92 Å². The Balaban J connectivity index is 2.06. The van der Waals surface area contributed by atoms with Gasteiger partial charge in [-0.2, -0.15) is 13.2 Å². The van der Waals surface area contributed by atoms with E-state index in [2.05, 4.69) is 19.2 Å².